The van der Waals surface area contributed by atoms with Gasteiger partial charge in [0.1, 0.15) is 0 Å². The van der Waals surface area contributed by atoms with E-state index < -0.39 is 0 Å². The summed E-state index contributed by atoms with van der Waals surface area (Å²) in [5.74, 6) is 0. The van der Waals surface area contributed by atoms with Crippen LogP contribution in [0.2, 0.25) is 0 Å². The van der Waals surface area contributed by atoms with Crippen LogP contribution in [0.15, 0.2) is 24.3 Å². The number of hydrogen-bond donors (Lipinski definition) is 1. The summed E-state index contributed by atoms with van der Waals surface area (Å²) in [5.41, 5.74) is 3.10. The first-order valence-electron chi connectivity index (χ1n) is 8.25. The van der Waals surface area contributed by atoms with Gasteiger partial charge < -0.3 is 5.32 Å². The van der Waals surface area contributed by atoms with Gasteiger partial charge in [-0.1, -0.05) is 37.6 Å². The van der Waals surface area contributed by atoms with E-state index in [9.17, 15) is 0 Å². The van der Waals surface area contributed by atoms with Crippen molar-refractivity contribution in [2.45, 2.75) is 58.5 Å². The molecule has 0 spiro atoms. The number of benzene rings is 1. The number of nitrogens with zero attached hydrogens (tertiary/aromatic N) is 1. The molecule has 1 heterocycles. The van der Waals surface area contributed by atoms with Crippen molar-refractivity contribution in [1.29, 1.82) is 0 Å². The number of hydrogen-bond acceptors (Lipinski definition) is 2. The maximum Gasteiger partial charge on any atom is 0.0192 e. The molecule has 0 bridgehead atoms. The monoisotopic (exact) mass is 274 g/mol. The molecule has 1 N–H and O–H groups in total. The van der Waals surface area contributed by atoms with Crippen LogP contribution in [0.1, 0.15) is 44.7 Å². The Hall–Kier alpha value is -0.860. The predicted octanol–water partition coefficient (Wildman–Crippen LogP) is 3.25. The lowest BCUT2D eigenvalue weighted by atomic mass is 10.0. The Bertz CT molecular complexity index is 375. The smallest absolute Gasteiger partial charge is 0.0192 e. The number of nitrogens with one attached hydrogen (secondary N) is 1. The molecule has 1 aromatic carbocycles. The average Bonchev–Trinajstić information content (AvgIpc) is 2.68. The molecule has 2 heteroatoms. The Kier molecular flexibility index (Phi) is 6.06. The minimum atomic E-state index is 0.628. The van der Waals surface area contributed by atoms with E-state index in [0.29, 0.717) is 12.1 Å². The summed E-state index contributed by atoms with van der Waals surface area (Å²) < 4.78 is 0. The highest BCUT2D eigenvalue weighted by Crippen LogP contribution is 2.16. The van der Waals surface area contributed by atoms with Crippen molar-refractivity contribution < 1.29 is 0 Å². The van der Waals surface area contributed by atoms with Crippen LogP contribution in [0.4, 0.5) is 0 Å². The van der Waals surface area contributed by atoms with Crippen molar-refractivity contribution in [2.75, 3.05) is 19.6 Å². The van der Waals surface area contributed by atoms with Crippen LogP contribution in [-0.4, -0.2) is 36.6 Å². The van der Waals surface area contributed by atoms with Gasteiger partial charge in [0.2, 0.25) is 0 Å². The van der Waals surface area contributed by atoms with Crippen molar-refractivity contribution in [3.63, 3.8) is 0 Å². The summed E-state index contributed by atoms with van der Waals surface area (Å²) in [6.07, 6.45) is 4.94. The van der Waals surface area contributed by atoms with E-state index in [1.807, 2.05) is 0 Å². The molecule has 0 aromatic heterocycles. The predicted molar refractivity (Wildman–Crippen MR) is 87.3 cm³/mol. The van der Waals surface area contributed by atoms with Crippen molar-refractivity contribution in [3.05, 3.63) is 35.4 Å². The highest BCUT2D eigenvalue weighted by molar-refractivity contribution is 5.28. The van der Waals surface area contributed by atoms with Gasteiger partial charge in [-0.05, 0) is 44.2 Å². The van der Waals surface area contributed by atoms with Crippen LogP contribution in [-0.2, 0) is 12.8 Å². The summed E-state index contributed by atoms with van der Waals surface area (Å²) in [6.45, 7) is 10.4. The van der Waals surface area contributed by atoms with Gasteiger partial charge in [0.15, 0.2) is 0 Å². The van der Waals surface area contributed by atoms with Crippen LogP contribution in [0.25, 0.3) is 0 Å². The number of fused-ring (bicyclic) bond motifs is 1. The third-order valence-corrected chi connectivity index (χ3v) is 4.56. The van der Waals surface area contributed by atoms with Crippen molar-refractivity contribution >= 4 is 0 Å². The largest absolute Gasteiger partial charge is 0.313 e. The van der Waals surface area contributed by atoms with Gasteiger partial charge in [0.25, 0.3) is 0 Å². The quantitative estimate of drug-likeness (QED) is 0.856. The molecule has 0 aliphatic carbocycles. The van der Waals surface area contributed by atoms with E-state index in [4.69, 9.17) is 0 Å². The molecule has 20 heavy (non-hydrogen) atoms. The lowest BCUT2D eigenvalue weighted by Gasteiger charge is -2.29. The molecule has 0 amide bonds. The maximum absolute atomic E-state index is 3.68. The second-order valence-corrected chi connectivity index (χ2v) is 6.25. The fraction of sp³-hybridized carbons (Fsp3) is 0.667. The van der Waals surface area contributed by atoms with Gasteiger partial charge in [0.05, 0.1) is 0 Å². The summed E-state index contributed by atoms with van der Waals surface area (Å²) in [6, 6.07) is 10.2. The fourth-order valence-corrected chi connectivity index (χ4v) is 3.16. The molecule has 2 unspecified atom stereocenters. The molecule has 0 saturated carbocycles. The second kappa shape index (κ2) is 7.80. The fourth-order valence-electron chi connectivity index (χ4n) is 3.16. The minimum absolute atomic E-state index is 0.628. The first-order chi connectivity index (χ1) is 9.70. The van der Waals surface area contributed by atoms with E-state index in [0.717, 1.165) is 6.54 Å². The molecular weight excluding hydrogens is 244 g/mol. The summed E-state index contributed by atoms with van der Waals surface area (Å²) in [5, 5.41) is 3.68. The van der Waals surface area contributed by atoms with Crippen LogP contribution >= 0.6 is 0 Å². The van der Waals surface area contributed by atoms with E-state index >= 15 is 0 Å². The highest BCUT2D eigenvalue weighted by Gasteiger charge is 2.18. The summed E-state index contributed by atoms with van der Waals surface area (Å²) in [7, 11) is 0. The first-order valence-corrected chi connectivity index (χ1v) is 8.25. The van der Waals surface area contributed by atoms with E-state index in [-0.39, 0.29) is 0 Å². The Morgan fingerprint density at radius 3 is 2.25 bits per heavy atom. The van der Waals surface area contributed by atoms with Gasteiger partial charge in [0, 0.05) is 31.7 Å². The van der Waals surface area contributed by atoms with Crippen LogP contribution in [0, 0.1) is 0 Å². The molecule has 2 rings (SSSR count). The normalized spacial score (nSPS) is 19.1. The van der Waals surface area contributed by atoms with Crippen molar-refractivity contribution in [3.8, 4) is 0 Å². The Labute approximate surface area is 124 Å². The lowest BCUT2D eigenvalue weighted by molar-refractivity contribution is 0.209. The Balaban J connectivity index is 1.82. The van der Waals surface area contributed by atoms with Gasteiger partial charge in [-0.2, -0.15) is 0 Å². The molecule has 1 aromatic rings. The topological polar surface area (TPSA) is 15.3 Å². The molecule has 0 fully saturated rings. The third kappa shape index (κ3) is 4.32. The molecule has 1 aliphatic heterocycles. The van der Waals surface area contributed by atoms with Gasteiger partial charge in [-0.3, -0.25) is 4.90 Å². The molecule has 112 valence electrons. The molecule has 1 aliphatic rings. The SMILES string of the molecule is CCCC(C)NCC(C)N1CCc2ccccc2CC1. The molecule has 0 saturated heterocycles. The van der Waals surface area contributed by atoms with Gasteiger partial charge in [-0.15, -0.1) is 0 Å². The van der Waals surface area contributed by atoms with E-state index in [2.05, 4.69) is 55.3 Å². The third-order valence-electron chi connectivity index (χ3n) is 4.56. The summed E-state index contributed by atoms with van der Waals surface area (Å²) >= 11 is 0. The number of rotatable bonds is 6. The van der Waals surface area contributed by atoms with E-state index in [1.165, 1.54) is 38.8 Å². The van der Waals surface area contributed by atoms with Gasteiger partial charge >= 0.3 is 0 Å². The zero-order valence-corrected chi connectivity index (χ0v) is 13.4. The minimum Gasteiger partial charge on any atom is -0.313 e. The Morgan fingerprint density at radius 1 is 1.10 bits per heavy atom. The van der Waals surface area contributed by atoms with Crippen molar-refractivity contribution in [1.82, 2.24) is 10.2 Å². The first kappa shape index (κ1) is 15.5. The van der Waals surface area contributed by atoms with Crippen LogP contribution < -0.4 is 5.32 Å². The Morgan fingerprint density at radius 2 is 1.70 bits per heavy atom. The zero-order chi connectivity index (χ0) is 14.4. The average molecular weight is 274 g/mol. The molecule has 2 nitrogen and oxygen atoms in total. The van der Waals surface area contributed by atoms with Crippen LogP contribution in [0.3, 0.4) is 0 Å². The lowest BCUT2D eigenvalue weighted by Crippen LogP contribution is -2.43. The van der Waals surface area contributed by atoms with Gasteiger partial charge in [-0.25, -0.2) is 0 Å². The standard InChI is InChI=1S/C18H30N2/c1-4-7-15(2)19-14-16(3)20-12-10-17-8-5-6-9-18(17)11-13-20/h5-6,8-9,15-16,19H,4,7,10-14H2,1-3H3. The van der Waals surface area contributed by atoms with E-state index in [1.54, 1.807) is 11.1 Å². The van der Waals surface area contributed by atoms with Crippen LogP contribution in [0.5, 0.6) is 0 Å². The second-order valence-electron chi connectivity index (χ2n) is 6.25. The molecular formula is C18H30N2. The highest BCUT2D eigenvalue weighted by atomic mass is 15.2. The molecule has 0 radical (unpaired) electrons. The maximum atomic E-state index is 3.68. The zero-order valence-electron chi connectivity index (χ0n) is 13.4. The van der Waals surface area contributed by atoms with Crippen molar-refractivity contribution in [2.24, 2.45) is 0 Å². The summed E-state index contributed by atoms with van der Waals surface area (Å²) in [4.78, 5) is 2.64. The molecule has 2 atom stereocenters.